The quantitative estimate of drug-likeness (QED) is 0.630. The van der Waals surface area contributed by atoms with Gasteiger partial charge in [-0.3, -0.25) is 19.5 Å². The number of benzene rings is 1. The van der Waals surface area contributed by atoms with Crippen LogP contribution in [0.5, 0.6) is 0 Å². The van der Waals surface area contributed by atoms with Crippen LogP contribution in [0.15, 0.2) is 54.2 Å². The summed E-state index contributed by atoms with van der Waals surface area (Å²) in [7, 11) is 0. The Hall–Kier alpha value is -3.13. The Morgan fingerprint density at radius 1 is 1.06 bits per heavy atom. The first kappa shape index (κ1) is 21.1. The fourth-order valence-electron chi connectivity index (χ4n) is 3.96. The molecule has 3 aromatic rings. The van der Waals surface area contributed by atoms with E-state index in [0.717, 1.165) is 42.8 Å². The summed E-state index contributed by atoms with van der Waals surface area (Å²) < 4.78 is 3.84. The van der Waals surface area contributed by atoms with Crippen molar-refractivity contribution in [1.82, 2.24) is 19.9 Å². The van der Waals surface area contributed by atoms with Crippen molar-refractivity contribution in [3.8, 4) is 0 Å². The smallest absolute Gasteiger partial charge is 0.280 e. The molecular formula is C23H25N5O2S. The molecule has 1 N–H and O–H groups in total. The lowest BCUT2D eigenvalue weighted by atomic mass is 9.94. The van der Waals surface area contributed by atoms with Gasteiger partial charge in [0.05, 0.1) is 0 Å². The molecule has 1 aromatic carbocycles. The zero-order valence-electron chi connectivity index (χ0n) is 17.4. The van der Waals surface area contributed by atoms with Gasteiger partial charge in [-0.2, -0.15) is 0 Å². The largest absolute Gasteiger partial charge is 0.351 e. The monoisotopic (exact) mass is 435 g/mol. The summed E-state index contributed by atoms with van der Waals surface area (Å²) in [4.78, 5) is 32.7. The van der Waals surface area contributed by atoms with Gasteiger partial charge >= 0.3 is 0 Å². The molecule has 1 saturated carbocycles. The summed E-state index contributed by atoms with van der Waals surface area (Å²) in [6.45, 7) is 1.98. The van der Waals surface area contributed by atoms with Crippen LogP contribution in [0, 0.1) is 6.92 Å². The average molecular weight is 436 g/mol. The van der Waals surface area contributed by atoms with Crippen LogP contribution in [0.1, 0.15) is 59.8 Å². The van der Waals surface area contributed by atoms with Crippen LogP contribution in [0.2, 0.25) is 0 Å². The molecule has 8 heteroatoms. The Balaban J connectivity index is 1.76. The van der Waals surface area contributed by atoms with Crippen molar-refractivity contribution in [3.63, 3.8) is 0 Å². The van der Waals surface area contributed by atoms with Gasteiger partial charge in [-0.25, -0.2) is 0 Å². The minimum absolute atomic E-state index is 0.126. The number of nitrogens with zero attached hydrogens (tertiary/aromatic N) is 4. The molecule has 31 heavy (non-hydrogen) atoms. The lowest BCUT2D eigenvalue weighted by Crippen LogP contribution is -2.47. The molecule has 1 aliphatic rings. The number of hydrogen-bond donors (Lipinski definition) is 1. The second-order valence-electron chi connectivity index (χ2n) is 7.83. The van der Waals surface area contributed by atoms with Crippen molar-refractivity contribution < 1.29 is 9.59 Å². The Morgan fingerprint density at radius 2 is 1.77 bits per heavy atom. The predicted molar refractivity (Wildman–Crippen MR) is 120 cm³/mol. The number of carbonyl (C=O) groups excluding carboxylic acids is 2. The van der Waals surface area contributed by atoms with Crippen molar-refractivity contribution in [2.24, 2.45) is 0 Å². The summed E-state index contributed by atoms with van der Waals surface area (Å²) >= 11 is 1.11. The van der Waals surface area contributed by atoms with Gasteiger partial charge in [0.25, 0.3) is 5.91 Å². The van der Waals surface area contributed by atoms with E-state index >= 15 is 0 Å². The summed E-state index contributed by atoms with van der Waals surface area (Å²) in [5.74, 6) is -0.562. The molecule has 1 fully saturated rings. The fourth-order valence-corrected chi connectivity index (χ4v) is 4.39. The number of rotatable bonds is 6. The molecule has 1 atom stereocenters. The molecular weight excluding hydrogens is 410 g/mol. The van der Waals surface area contributed by atoms with Gasteiger partial charge < -0.3 is 5.32 Å². The third-order valence-electron chi connectivity index (χ3n) is 5.59. The van der Waals surface area contributed by atoms with Crippen LogP contribution in [-0.4, -0.2) is 32.4 Å². The molecule has 4 rings (SSSR count). The van der Waals surface area contributed by atoms with Gasteiger partial charge in [0, 0.05) is 29.5 Å². The number of hydrogen-bond acceptors (Lipinski definition) is 6. The molecule has 1 aliphatic carbocycles. The summed E-state index contributed by atoms with van der Waals surface area (Å²) in [6.07, 6.45) is 8.61. The third kappa shape index (κ3) is 4.96. The molecule has 2 amide bonds. The number of aromatic nitrogens is 3. The molecule has 7 nitrogen and oxygen atoms in total. The highest BCUT2D eigenvalue weighted by Gasteiger charge is 2.35. The van der Waals surface area contributed by atoms with Crippen LogP contribution in [0.3, 0.4) is 0 Å². The lowest BCUT2D eigenvalue weighted by molar-refractivity contribution is -0.123. The zero-order valence-corrected chi connectivity index (χ0v) is 18.2. The van der Waals surface area contributed by atoms with Crippen molar-refractivity contribution in [2.45, 2.75) is 51.1 Å². The van der Waals surface area contributed by atoms with E-state index in [1.807, 2.05) is 31.2 Å². The minimum atomic E-state index is -0.846. The highest BCUT2D eigenvalue weighted by Crippen LogP contribution is 2.30. The van der Waals surface area contributed by atoms with E-state index < -0.39 is 6.04 Å². The Bertz CT molecular complexity index is 1000. The standard InChI is InChI=1S/C23H25N5O2S/c1-16-7-9-19(10-8-16)28(23(30)20-15-31-27-26-20)21(17-11-13-24-14-12-17)22(29)25-18-5-3-2-4-6-18/h7-15,18,21H,2-6H2,1H3,(H,25,29)/t21-/m0/s1. The third-order valence-corrected chi connectivity index (χ3v) is 6.09. The van der Waals surface area contributed by atoms with E-state index in [9.17, 15) is 9.59 Å². The maximum atomic E-state index is 13.6. The molecule has 0 bridgehead atoms. The minimum Gasteiger partial charge on any atom is -0.351 e. The molecule has 0 aliphatic heterocycles. The summed E-state index contributed by atoms with van der Waals surface area (Å²) in [5.41, 5.74) is 2.61. The van der Waals surface area contributed by atoms with E-state index in [0.29, 0.717) is 11.3 Å². The molecule has 2 heterocycles. The Morgan fingerprint density at radius 3 is 2.42 bits per heavy atom. The number of nitrogens with one attached hydrogen (secondary N) is 1. The predicted octanol–water partition coefficient (Wildman–Crippen LogP) is 4.08. The van der Waals surface area contributed by atoms with Gasteiger partial charge in [0.15, 0.2) is 5.69 Å². The second-order valence-corrected chi connectivity index (χ2v) is 8.44. The van der Waals surface area contributed by atoms with E-state index in [1.165, 1.54) is 11.3 Å². The SMILES string of the molecule is Cc1ccc(N(C(=O)c2csnn2)[C@H](C(=O)NC2CCCCC2)c2ccncc2)cc1. The van der Waals surface area contributed by atoms with Gasteiger partial charge in [-0.1, -0.05) is 41.4 Å². The maximum absolute atomic E-state index is 13.6. The Kier molecular flexibility index (Phi) is 6.66. The molecule has 0 unspecified atom stereocenters. The number of aryl methyl sites for hydroxylation is 1. The van der Waals surface area contributed by atoms with Crippen LogP contribution >= 0.6 is 11.5 Å². The van der Waals surface area contributed by atoms with Crippen LogP contribution in [0.25, 0.3) is 0 Å². The highest BCUT2D eigenvalue weighted by atomic mass is 32.1. The molecule has 0 spiro atoms. The van der Waals surface area contributed by atoms with E-state index in [1.54, 1.807) is 29.9 Å². The van der Waals surface area contributed by atoms with Crippen molar-refractivity contribution in [1.29, 1.82) is 0 Å². The van der Waals surface area contributed by atoms with Gasteiger partial charge in [-0.05, 0) is 61.1 Å². The number of carbonyl (C=O) groups is 2. The van der Waals surface area contributed by atoms with Crippen molar-refractivity contribution in [3.05, 3.63) is 71.0 Å². The van der Waals surface area contributed by atoms with E-state index in [2.05, 4.69) is 19.9 Å². The van der Waals surface area contributed by atoms with Crippen LogP contribution < -0.4 is 10.2 Å². The first-order valence-electron chi connectivity index (χ1n) is 10.5. The summed E-state index contributed by atoms with van der Waals surface area (Å²) in [5, 5.41) is 8.76. The number of pyridine rings is 1. The second kappa shape index (κ2) is 9.78. The molecule has 160 valence electrons. The van der Waals surface area contributed by atoms with Gasteiger partial charge in [-0.15, -0.1) is 5.10 Å². The fraction of sp³-hybridized carbons (Fsp3) is 0.348. The average Bonchev–Trinajstić information content (AvgIpc) is 3.34. The first-order chi connectivity index (χ1) is 15.1. The van der Waals surface area contributed by atoms with Gasteiger partial charge in [0.1, 0.15) is 6.04 Å². The van der Waals surface area contributed by atoms with Crippen molar-refractivity contribution in [2.75, 3.05) is 4.90 Å². The molecule has 2 aromatic heterocycles. The number of amides is 2. The topological polar surface area (TPSA) is 88.1 Å². The summed E-state index contributed by atoms with van der Waals surface area (Å²) in [6, 6.07) is 10.4. The molecule has 0 saturated heterocycles. The van der Waals surface area contributed by atoms with E-state index in [-0.39, 0.29) is 23.6 Å². The number of anilines is 1. The van der Waals surface area contributed by atoms with Crippen LogP contribution in [0.4, 0.5) is 5.69 Å². The highest BCUT2D eigenvalue weighted by molar-refractivity contribution is 7.03. The van der Waals surface area contributed by atoms with E-state index in [4.69, 9.17) is 0 Å². The van der Waals surface area contributed by atoms with Crippen molar-refractivity contribution >= 4 is 29.0 Å². The zero-order chi connectivity index (χ0) is 21.6. The Labute approximate surface area is 185 Å². The molecule has 0 radical (unpaired) electrons. The normalized spacial score (nSPS) is 15.3. The van der Waals surface area contributed by atoms with Crippen LogP contribution in [-0.2, 0) is 4.79 Å². The first-order valence-corrected chi connectivity index (χ1v) is 11.3. The maximum Gasteiger partial charge on any atom is 0.280 e. The van der Waals surface area contributed by atoms with Gasteiger partial charge in [0.2, 0.25) is 5.91 Å². The lowest BCUT2D eigenvalue weighted by Gasteiger charge is -2.33.